The van der Waals surface area contributed by atoms with Crippen molar-refractivity contribution in [1.82, 2.24) is 0 Å². The Bertz CT molecular complexity index is 493. The Hall–Kier alpha value is -1.27. The summed E-state index contributed by atoms with van der Waals surface area (Å²) < 4.78 is 0.941. The van der Waals surface area contributed by atoms with Gasteiger partial charge in [-0.25, -0.2) is 0 Å². The van der Waals surface area contributed by atoms with Crippen LogP contribution in [0.1, 0.15) is 18.9 Å². The molecule has 104 valence electrons. The molecule has 1 aromatic carbocycles. The molecule has 2 unspecified atom stereocenters. The lowest BCUT2D eigenvalue weighted by atomic mass is 9.95. The summed E-state index contributed by atoms with van der Waals surface area (Å²) in [5, 5.41) is 21.7. The van der Waals surface area contributed by atoms with Crippen molar-refractivity contribution < 1.29 is 10.3 Å². The third-order valence-corrected chi connectivity index (χ3v) is 4.04. The first-order chi connectivity index (χ1) is 9.02. The zero-order chi connectivity index (χ0) is 14.0. The van der Waals surface area contributed by atoms with Crippen molar-refractivity contribution in [2.24, 2.45) is 16.8 Å². The van der Waals surface area contributed by atoms with Crippen LogP contribution in [0.25, 0.3) is 0 Å². The maximum absolute atomic E-state index is 9.80. The van der Waals surface area contributed by atoms with E-state index in [1.165, 1.54) is 0 Å². The van der Waals surface area contributed by atoms with Crippen LogP contribution in [-0.4, -0.2) is 35.3 Å². The van der Waals surface area contributed by atoms with Crippen molar-refractivity contribution in [3.8, 4) is 0 Å². The average molecular weight is 328 g/mol. The van der Waals surface area contributed by atoms with Crippen LogP contribution in [0.3, 0.4) is 0 Å². The summed E-state index contributed by atoms with van der Waals surface area (Å²) in [6.45, 7) is 3.54. The number of benzene rings is 1. The minimum atomic E-state index is -0.254. The van der Waals surface area contributed by atoms with Gasteiger partial charge < -0.3 is 20.9 Å². The van der Waals surface area contributed by atoms with E-state index < -0.39 is 0 Å². The SMILES string of the molecule is CC1CN(c2cc(Br)ccc2/C(N)=N/O)CCC1O. The molecule has 19 heavy (non-hydrogen) atoms. The van der Waals surface area contributed by atoms with Gasteiger partial charge in [-0.05, 0) is 30.5 Å². The first kappa shape index (κ1) is 14.1. The fourth-order valence-electron chi connectivity index (χ4n) is 2.39. The molecule has 0 radical (unpaired) electrons. The van der Waals surface area contributed by atoms with Gasteiger partial charge in [0.2, 0.25) is 0 Å². The highest BCUT2D eigenvalue weighted by Crippen LogP contribution is 2.29. The summed E-state index contributed by atoms with van der Waals surface area (Å²) in [7, 11) is 0. The number of hydrogen-bond acceptors (Lipinski definition) is 4. The second kappa shape index (κ2) is 5.79. The molecule has 0 aliphatic carbocycles. The number of piperidine rings is 1. The van der Waals surface area contributed by atoms with E-state index in [2.05, 4.69) is 26.0 Å². The number of hydrogen-bond donors (Lipinski definition) is 3. The second-order valence-electron chi connectivity index (χ2n) is 4.93. The predicted octanol–water partition coefficient (Wildman–Crippen LogP) is 1.75. The van der Waals surface area contributed by atoms with Crippen molar-refractivity contribution in [2.75, 3.05) is 18.0 Å². The molecule has 5 nitrogen and oxygen atoms in total. The quantitative estimate of drug-likeness (QED) is 0.334. The zero-order valence-corrected chi connectivity index (χ0v) is 12.3. The van der Waals surface area contributed by atoms with Crippen LogP contribution in [-0.2, 0) is 0 Å². The van der Waals surface area contributed by atoms with Gasteiger partial charge >= 0.3 is 0 Å². The van der Waals surface area contributed by atoms with Gasteiger partial charge in [0.1, 0.15) is 0 Å². The standard InChI is InChI=1S/C13H18BrN3O2/c1-8-7-17(5-4-12(8)18)11-6-9(14)2-3-10(11)13(15)16-19/h2-3,6,8,12,18-19H,4-5,7H2,1H3,(H2,15,16). The van der Waals surface area contributed by atoms with Gasteiger partial charge in [0.15, 0.2) is 5.84 Å². The first-order valence-electron chi connectivity index (χ1n) is 6.23. The summed E-state index contributed by atoms with van der Waals surface area (Å²) >= 11 is 3.44. The van der Waals surface area contributed by atoms with Gasteiger partial charge in [-0.1, -0.05) is 28.0 Å². The number of anilines is 1. The van der Waals surface area contributed by atoms with E-state index in [1.807, 2.05) is 25.1 Å². The smallest absolute Gasteiger partial charge is 0.172 e. The number of amidine groups is 1. The van der Waals surface area contributed by atoms with Crippen molar-refractivity contribution in [1.29, 1.82) is 0 Å². The molecule has 6 heteroatoms. The Labute approximate surface area is 120 Å². The van der Waals surface area contributed by atoms with Crippen LogP contribution >= 0.6 is 15.9 Å². The number of rotatable bonds is 2. The molecule has 0 saturated carbocycles. The third kappa shape index (κ3) is 3.01. The molecule has 4 N–H and O–H groups in total. The minimum Gasteiger partial charge on any atom is -0.409 e. The van der Waals surface area contributed by atoms with E-state index in [9.17, 15) is 5.11 Å². The van der Waals surface area contributed by atoms with Crippen LogP contribution in [0.2, 0.25) is 0 Å². The molecular formula is C13H18BrN3O2. The molecule has 1 aromatic rings. The van der Waals surface area contributed by atoms with E-state index in [-0.39, 0.29) is 17.9 Å². The lowest BCUT2D eigenvalue weighted by Crippen LogP contribution is -2.42. The number of aliphatic hydroxyl groups is 1. The Balaban J connectivity index is 2.35. The van der Waals surface area contributed by atoms with E-state index in [0.29, 0.717) is 5.56 Å². The van der Waals surface area contributed by atoms with Crippen LogP contribution in [0.4, 0.5) is 5.69 Å². The summed E-state index contributed by atoms with van der Waals surface area (Å²) in [5.41, 5.74) is 7.35. The van der Waals surface area contributed by atoms with Crippen LogP contribution in [0.5, 0.6) is 0 Å². The van der Waals surface area contributed by atoms with Gasteiger partial charge in [0.05, 0.1) is 6.10 Å². The maximum Gasteiger partial charge on any atom is 0.172 e. The topological polar surface area (TPSA) is 82.1 Å². The van der Waals surface area contributed by atoms with Gasteiger partial charge in [0, 0.05) is 28.8 Å². The van der Waals surface area contributed by atoms with E-state index in [0.717, 1.165) is 29.7 Å². The highest BCUT2D eigenvalue weighted by Gasteiger charge is 2.26. The van der Waals surface area contributed by atoms with E-state index in [4.69, 9.17) is 10.9 Å². The summed E-state index contributed by atoms with van der Waals surface area (Å²) in [6, 6.07) is 5.64. The van der Waals surface area contributed by atoms with E-state index in [1.54, 1.807) is 0 Å². The number of aliphatic hydroxyl groups excluding tert-OH is 1. The molecule has 0 amide bonds. The van der Waals surface area contributed by atoms with Crippen molar-refractivity contribution in [3.63, 3.8) is 0 Å². The monoisotopic (exact) mass is 327 g/mol. The normalized spacial score (nSPS) is 24.6. The number of nitrogens with zero attached hydrogens (tertiary/aromatic N) is 2. The average Bonchev–Trinajstić information content (AvgIpc) is 2.41. The Morgan fingerprint density at radius 3 is 2.89 bits per heavy atom. The highest BCUT2D eigenvalue weighted by molar-refractivity contribution is 9.10. The van der Waals surface area contributed by atoms with Gasteiger partial charge in [-0.2, -0.15) is 0 Å². The summed E-state index contributed by atoms with van der Waals surface area (Å²) in [5.74, 6) is 0.300. The maximum atomic E-state index is 9.80. The fourth-order valence-corrected chi connectivity index (χ4v) is 2.74. The summed E-state index contributed by atoms with van der Waals surface area (Å²) in [6.07, 6.45) is 0.472. The zero-order valence-electron chi connectivity index (χ0n) is 10.8. The molecule has 2 rings (SSSR count). The van der Waals surface area contributed by atoms with Crippen LogP contribution < -0.4 is 10.6 Å². The molecule has 2 atom stereocenters. The van der Waals surface area contributed by atoms with Crippen LogP contribution in [0, 0.1) is 5.92 Å². The lowest BCUT2D eigenvalue weighted by Gasteiger charge is -2.36. The van der Waals surface area contributed by atoms with Crippen molar-refractivity contribution in [3.05, 3.63) is 28.2 Å². The van der Waals surface area contributed by atoms with Gasteiger partial charge in [0.25, 0.3) is 0 Å². The number of halogens is 1. The molecular weight excluding hydrogens is 310 g/mol. The first-order valence-corrected chi connectivity index (χ1v) is 7.02. The summed E-state index contributed by atoms with van der Waals surface area (Å²) in [4.78, 5) is 2.16. The number of nitrogens with two attached hydrogens (primary N) is 1. The molecule has 1 saturated heterocycles. The Morgan fingerprint density at radius 1 is 1.53 bits per heavy atom. The predicted molar refractivity (Wildman–Crippen MR) is 78.7 cm³/mol. The molecule has 0 bridgehead atoms. The van der Waals surface area contributed by atoms with Gasteiger partial charge in [-0.15, -0.1) is 0 Å². The molecule has 1 fully saturated rings. The van der Waals surface area contributed by atoms with Gasteiger partial charge in [-0.3, -0.25) is 0 Å². The molecule has 1 aliphatic rings. The molecule has 1 heterocycles. The number of oxime groups is 1. The lowest BCUT2D eigenvalue weighted by molar-refractivity contribution is 0.0971. The highest BCUT2D eigenvalue weighted by atomic mass is 79.9. The molecule has 0 aromatic heterocycles. The van der Waals surface area contributed by atoms with Crippen LogP contribution in [0.15, 0.2) is 27.8 Å². The fraction of sp³-hybridized carbons (Fsp3) is 0.462. The van der Waals surface area contributed by atoms with E-state index >= 15 is 0 Å². The largest absolute Gasteiger partial charge is 0.409 e. The Morgan fingerprint density at radius 2 is 2.26 bits per heavy atom. The second-order valence-corrected chi connectivity index (χ2v) is 5.84. The van der Waals surface area contributed by atoms with Crippen molar-refractivity contribution >= 4 is 27.5 Å². The minimum absolute atomic E-state index is 0.0984. The third-order valence-electron chi connectivity index (χ3n) is 3.54. The van der Waals surface area contributed by atoms with Crippen molar-refractivity contribution in [2.45, 2.75) is 19.4 Å². The Kier molecular flexibility index (Phi) is 4.31. The molecule has 1 aliphatic heterocycles. The molecule has 0 spiro atoms.